The summed E-state index contributed by atoms with van der Waals surface area (Å²) in [5.74, 6) is -0.445. The number of amides is 1. The summed E-state index contributed by atoms with van der Waals surface area (Å²) in [7, 11) is 0. The molecule has 2 rings (SSSR count). The van der Waals surface area contributed by atoms with Gasteiger partial charge in [-0.3, -0.25) is 0 Å². The number of halogens is 3. The van der Waals surface area contributed by atoms with Crippen molar-refractivity contribution < 1.29 is 27.4 Å². The topological polar surface area (TPSA) is 97.1 Å². The van der Waals surface area contributed by atoms with E-state index in [-0.39, 0.29) is 18.5 Å². The van der Waals surface area contributed by atoms with Crippen LogP contribution in [0.2, 0.25) is 0 Å². The van der Waals surface area contributed by atoms with E-state index in [0.717, 1.165) is 6.07 Å². The predicted octanol–water partition coefficient (Wildman–Crippen LogP) is 4.46. The predicted molar refractivity (Wildman–Crippen MR) is 98.3 cm³/mol. The van der Waals surface area contributed by atoms with Crippen molar-refractivity contribution in [3.63, 3.8) is 0 Å². The molecule has 11 heteroatoms. The molecular formula is C18H19F3N4O3S. The highest BCUT2D eigenvalue weighted by atomic mass is 32.1. The Kier molecular flexibility index (Phi) is 7.02. The lowest BCUT2D eigenvalue weighted by molar-refractivity contribution is -0.141. The molecule has 0 aliphatic rings. The van der Waals surface area contributed by atoms with Crippen LogP contribution in [0.5, 0.6) is 5.88 Å². The van der Waals surface area contributed by atoms with Crippen LogP contribution in [0, 0.1) is 11.3 Å². The Balaban J connectivity index is 2.16. The van der Waals surface area contributed by atoms with Crippen LogP contribution in [0.15, 0.2) is 23.7 Å². The molecule has 156 valence electrons. The largest absolute Gasteiger partial charge is 0.466 e. The van der Waals surface area contributed by atoms with E-state index < -0.39 is 35.5 Å². The van der Waals surface area contributed by atoms with Crippen LogP contribution in [-0.2, 0) is 10.9 Å². The fourth-order valence-corrected chi connectivity index (χ4v) is 2.85. The number of ether oxygens (including phenoxy) is 2. The Labute approximate surface area is 169 Å². The van der Waals surface area contributed by atoms with Crippen molar-refractivity contribution >= 4 is 17.4 Å². The van der Waals surface area contributed by atoms with Crippen LogP contribution < -0.4 is 10.1 Å². The Morgan fingerprint density at radius 3 is 2.62 bits per heavy atom. The molecule has 0 fully saturated rings. The van der Waals surface area contributed by atoms with Crippen molar-refractivity contribution in [3.05, 3.63) is 40.0 Å². The molecule has 0 saturated carbocycles. The first-order valence-corrected chi connectivity index (χ1v) is 9.39. The Hall–Kier alpha value is -2.87. The standard InChI is InChI=1S/C18H19F3N4O3S/c1-17(2,3)28-16(26)24-7-6-12(15-23-8-9-29-15)27-14-11(10-22)4-5-13(25-14)18(19,20)21/h4-5,8-9,12H,6-7H2,1-3H3,(H,24,26)/t12-/m1/s1. The molecule has 29 heavy (non-hydrogen) atoms. The van der Waals surface area contributed by atoms with Crippen LogP contribution in [0.1, 0.15) is 49.6 Å². The molecular weight excluding hydrogens is 409 g/mol. The smallest absolute Gasteiger partial charge is 0.433 e. The zero-order valence-corrected chi connectivity index (χ0v) is 16.7. The van der Waals surface area contributed by atoms with Crippen LogP contribution in [-0.4, -0.2) is 28.2 Å². The van der Waals surface area contributed by atoms with Crippen molar-refractivity contribution in [2.45, 2.75) is 45.1 Å². The molecule has 7 nitrogen and oxygen atoms in total. The summed E-state index contributed by atoms with van der Waals surface area (Å²) in [6.45, 7) is 5.27. The van der Waals surface area contributed by atoms with Gasteiger partial charge in [0.05, 0.1) is 0 Å². The number of alkyl halides is 3. The van der Waals surface area contributed by atoms with E-state index in [4.69, 9.17) is 9.47 Å². The third kappa shape index (κ3) is 6.90. The molecule has 0 aromatic carbocycles. The summed E-state index contributed by atoms with van der Waals surface area (Å²) in [4.78, 5) is 19.3. The average Bonchev–Trinajstić information content (AvgIpc) is 3.13. The average molecular weight is 428 g/mol. The van der Waals surface area contributed by atoms with Crippen LogP contribution >= 0.6 is 11.3 Å². The van der Waals surface area contributed by atoms with Crippen molar-refractivity contribution in [2.24, 2.45) is 0 Å². The first-order valence-electron chi connectivity index (χ1n) is 8.51. The summed E-state index contributed by atoms with van der Waals surface area (Å²) in [5, 5.41) is 13.9. The van der Waals surface area contributed by atoms with Gasteiger partial charge >= 0.3 is 12.3 Å². The summed E-state index contributed by atoms with van der Waals surface area (Å²) in [6, 6.07) is 3.48. The maximum absolute atomic E-state index is 13.0. The van der Waals surface area contributed by atoms with Crippen molar-refractivity contribution in [2.75, 3.05) is 6.54 Å². The van der Waals surface area contributed by atoms with Gasteiger partial charge in [-0.1, -0.05) is 0 Å². The zero-order chi connectivity index (χ0) is 21.7. The number of nitrogens with zero attached hydrogens (tertiary/aromatic N) is 3. The van der Waals surface area contributed by atoms with E-state index in [1.807, 2.05) is 0 Å². The van der Waals surface area contributed by atoms with E-state index in [2.05, 4.69) is 15.3 Å². The van der Waals surface area contributed by atoms with E-state index >= 15 is 0 Å². The van der Waals surface area contributed by atoms with Gasteiger partial charge < -0.3 is 14.8 Å². The fraction of sp³-hybridized carbons (Fsp3) is 0.444. The third-order valence-corrected chi connectivity index (χ3v) is 4.19. The number of hydrogen-bond donors (Lipinski definition) is 1. The second-order valence-corrected chi connectivity index (χ2v) is 7.78. The summed E-state index contributed by atoms with van der Waals surface area (Å²) < 4.78 is 49.7. The maximum atomic E-state index is 13.0. The normalized spacial score (nSPS) is 12.7. The number of aromatic nitrogens is 2. The van der Waals surface area contributed by atoms with E-state index in [0.29, 0.717) is 11.1 Å². The van der Waals surface area contributed by atoms with E-state index in [1.54, 1.807) is 32.2 Å². The summed E-state index contributed by atoms with van der Waals surface area (Å²) in [5.41, 5.74) is -1.98. The minimum Gasteiger partial charge on any atom is -0.466 e. The lowest BCUT2D eigenvalue weighted by Crippen LogP contribution is -2.33. The monoisotopic (exact) mass is 428 g/mol. The summed E-state index contributed by atoms with van der Waals surface area (Å²) in [6.07, 6.45) is -4.43. The molecule has 1 atom stereocenters. The van der Waals surface area contributed by atoms with Gasteiger partial charge in [0.2, 0.25) is 5.88 Å². The number of hydrogen-bond acceptors (Lipinski definition) is 7. The molecule has 0 unspecified atom stereocenters. The number of nitrogens with one attached hydrogen (secondary N) is 1. The highest BCUT2D eigenvalue weighted by Crippen LogP contribution is 2.32. The molecule has 2 aromatic rings. The number of pyridine rings is 1. The molecule has 2 heterocycles. The number of carbonyl (C=O) groups is 1. The maximum Gasteiger partial charge on any atom is 0.433 e. The van der Waals surface area contributed by atoms with Crippen LogP contribution in [0.3, 0.4) is 0 Å². The van der Waals surface area contributed by atoms with Gasteiger partial charge in [0.25, 0.3) is 0 Å². The third-order valence-electron chi connectivity index (χ3n) is 3.33. The van der Waals surface area contributed by atoms with Gasteiger partial charge in [-0.15, -0.1) is 11.3 Å². The zero-order valence-electron chi connectivity index (χ0n) is 15.9. The van der Waals surface area contributed by atoms with Gasteiger partial charge in [-0.05, 0) is 32.9 Å². The molecule has 0 aliphatic heterocycles. The van der Waals surface area contributed by atoms with Crippen molar-refractivity contribution in [1.29, 1.82) is 5.26 Å². The minimum absolute atomic E-state index is 0.111. The van der Waals surface area contributed by atoms with Gasteiger partial charge in [0.1, 0.15) is 27.9 Å². The van der Waals surface area contributed by atoms with Gasteiger partial charge in [-0.25, -0.2) is 14.8 Å². The number of carbonyl (C=O) groups excluding carboxylic acids is 1. The number of nitriles is 1. The van der Waals surface area contributed by atoms with Crippen molar-refractivity contribution in [1.82, 2.24) is 15.3 Å². The molecule has 0 bridgehead atoms. The number of thiazole rings is 1. The van der Waals surface area contributed by atoms with Gasteiger partial charge in [-0.2, -0.15) is 18.4 Å². The van der Waals surface area contributed by atoms with E-state index in [9.17, 15) is 23.2 Å². The SMILES string of the molecule is CC(C)(C)OC(=O)NCC[C@@H](Oc1nc(C(F)(F)F)ccc1C#N)c1nccs1. The first-order chi connectivity index (χ1) is 13.5. The van der Waals surface area contributed by atoms with Gasteiger partial charge in [0, 0.05) is 24.5 Å². The minimum atomic E-state index is -4.68. The Morgan fingerprint density at radius 1 is 1.34 bits per heavy atom. The lowest BCUT2D eigenvalue weighted by atomic mass is 10.2. The van der Waals surface area contributed by atoms with Crippen LogP contribution in [0.4, 0.5) is 18.0 Å². The van der Waals surface area contributed by atoms with E-state index in [1.165, 1.54) is 17.5 Å². The van der Waals surface area contributed by atoms with Crippen molar-refractivity contribution in [3.8, 4) is 11.9 Å². The Bertz CT molecular complexity index is 874. The first kappa shape index (κ1) is 22.4. The quantitative estimate of drug-likeness (QED) is 0.729. The molecule has 0 spiro atoms. The Morgan fingerprint density at radius 2 is 2.07 bits per heavy atom. The molecule has 0 aliphatic carbocycles. The molecule has 1 amide bonds. The fourth-order valence-electron chi connectivity index (χ4n) is 2.15. The molecule has 2 aromatic heterocycles. The lowest BCUT2D eigenvalue weighted by Gasteiger charge is -2.21. The number of alkyl carbamates (subject to hydrolysis) is 1. The van der Waals surface area contributed by atoms with Gasteiger partial charge in [0.15, 0.2) is 6.10 Å². The molecule has 1 N–H and O–H groups in total. The molecule has 0 radical (unpaired) electrons. The summed E-state index contributed by atoms with van der Waals surface area (Å²) >= 11 is 1.23. The van der Waals surface area contributed by atoms with Crippen LogP contribution in [0.25, 0.3) is 0 Å². The second kappa shape index (κ2) is 9.09. The highest BCUT2D eigenvalue weighted by Gasteiger charge is 2.34. The second-order valence-electron chi connectivity index (χ2n) is 6.85. The number of rotatable bonds is 6. The molecule has 0 saturated heterocycles. The highest BCUT2D eigenvalue weighted by molar-refractivity contribution is 7.09.